The van der Waals surface area contributed by atoms with E-state index in [9.17, 15) is 4.79 Å². The molecule has 2 aromatic heterocycles. The molecule has 0 aliphatic heterocycles. The molecule has 1 amide bonds. The van der Waals surface area contributed by atoms with E-state index in [2.05, 4.69) is 15.5 Å². The summed E-state index contributed by atoms with van der Waals surface area (Å²) in [7, 11) is 0. The molecule has 0 radical (unpaired) electrons. The molecule has 0 unspecified atom stereocenters. The molecule has 1 saturated carbocycles. The number of benzene rings is 1. The van der Waals surface area contributed by atoms with Gasteiger partial charge in [-0.15, -0.1) is 16.4 Å². The largest absolute Gasteiger partial charge is 0.403 e. The van der Waals surface area contributed by atoms with Crippen LogP contribution in [0.4, 0.5) is 6.01 Å². The third-order valence-electron chi connectivity index (χ3n) is 4.82. The maximum atomic E-state index is 13.1. The zero-order valence-electron chi connectivity index (χ0n) is 14.0. The fourth-order valence-corrected chi connectivity index (χ4v) is 5.05. The minimum absolute atomic E-state index is 0.0358. The van der Waals surface area contributed by atoms with E-state index < -0.39 is 5.41 Å². The van der Waals surface area contributed by atoms with Crippen LogP contribution in [0.3, 0.4) is 0 Å². The van der Waals surface area contributed by atoms with Crippen LogP contribution >= 0.6 is 46.1 Å². The van der Waals surface area contributed by atoms with Crippen LogP contribution in [0.15, 0.2) is 34.7 Å². The van der Waals surface area contributed by atoms with E-state index in [1.807, 2.05) is 12.1 Å². The summed E-state index contributed by atoms with van der Waals surface area (Å²) in [6.07, 6.45) is 3.48. The van der Waals surface area contributed by atoms with Crippen LogP contribution in [-0.2, 0) is 10.2 Å². The lowest BCUT2D eigenvalue weighted by molar-refractivity contribution is -0.121. The van der Waals surface area contributed by atoms with Gasteiger partial charge in [-0.2, -0.15) is 0 Å². The second-order valence-electron chi connectivity index (χ2n) is 6.40. The predicted octanol–water partition coefficient (Wildman–Crippen LogP) is 6.21. The van der Waals surface area contributed by atoms with Gasteiger partial charge < -0.3 is 4.42 Å². The van der Waals surface area contributed by atoms with Gasteiger partial charge in [-0.05, 0) is 36.6 Å². The van der Waals surface area contributed by atoms with Crippen molar-refractivity contribution in [2.75, 3.05) is 5.32 Å². The van der Waals surface area contributed by atoms with Gasteiger partial charge in [0, 0.05) is 5.02 Å². The summed E-state index contributed by atoms with van der Waals surface area (Å²) in [5, 5.41) is 11.3. The number of hydrogen-bond donors (Lipinski definition) is 1. The fraction of sp³-hybridized carbons (Fsp3) is 0.278. The summed E-state index contributed by atoms with van der Waals surface area (Å²) in [4.78, 5) is 13.1. The molecule has 2 heterocycles. The normalized spacial score (nSPS) is 15.8. The Balaban J connectivity index is 1.59. The molecule has 3 aromatic rings. The van der Waals surface area contributed by atoms with Gasteiger partial charge in [0.15, 0.2) is 0 Å². The molecule has 140 valence electrons. The summed E-state index contributed by atoms with van der Waals surface area (Å²) in [6, 6.07) is 9.10. The zero-order valence-corrected chi connectivity index (χ0v) is 17.1. The lowest BCUT2D eigenvalue weighted by atomic mass is 9.78. The lowest BCUT2D eigenvalue weighted by Crippen LogP contribution is -2.38. The number of halogens is 3. The molecule has 1 aliphatic rings. The van der Waals surface area contributed by atoms with Gasteiger partial charge in [0.2, 0.25) is 5.91 Å². The summed E-state index contributed by atoms with van der Waals surface area (Å²) < 4.78 is 6.56. The Morgan fingerprint density at radius 1 is 1.11 bits per heavy atom. The molecule has 9 heteroatoms. The molecular formula is C18H14Cl3N3O2S. The number of rotatable bonds is 4. The van der Waals surface area contributed by atoms with Gasteiger partial charge in [0.1, 0.15) is 4.34 Å². The fourth-order valence-electron chi connectivity index (χ4n) is 3.48. The first kappa shape index (κ1) is 18.7. The number of thiophene rings is 1. The van der Waals surface area contributed by atoms with Gasteiger partial charge in [0.25, 0.3) is 5.89 Å². The van der Waals surface area contributed by atoms with E-state index in [4.69, 9.17) is 39.2 Å². The van der Waals surface area contributed by atoms with Crippen molar-refractivity contribution >= 4 is 58.1 Å². The Morgan fingerprint density at radius 2 is 1.81 bits per heavy atom. The van der Waals surface area contributed by atoms with Gasteiger partial charge >= 0.3 is 6.01 Å². The highest BCUT2D eigenvalue weighted by Crippen LogP contribution is 2.43. The highest BCUT2D eigenvalue weighted by molar-refractivity contribution is 7.20. The maximum absolute atomic E-state index is 13.1. The summed E-state index contributed by atoms with van der Waals surface area (Å²) in [5.41, 5.74) is 0.866. The first-order valence-electron chi connectivity index (χ1n) is 8.34. The molecule has 5 nitrogen and oxygen atoms in total. The van der Waals surface area contributed by atoms with Crippen LogP contribution in [0, 0.1) is 0 Å². The molecule has 0 saturated heterocycles. The van der Waals surface area contributed by atoms with Crippen LogP contribution in [0.25, 0.3) is 11.5 Å². The van der Waals surface area contributed by atoms with Crippen molar-refractivity contribution < 1.29 is 9.21 Å². The number of nitrogens with zero attached hydrogens (tertiary/aromatic N) is 2. The van der Waals surface area contributed by atoms with Gasteiger partial charge in [-0.25, -0.2) is 0 Å². The van der Waals surface area contributed by atoms with E-state index in [0.29, 0.717) is 19.3 Å². The Bertz CT molecular complexity index is 978. The van der Waals surface area contributed by atoms with Crippen LogP contribution < -0.4 is 5.32 Å². The molecule has 1 aromatic carbocycles. The van der Waals surface area contributed by atoms with Crippen molar-refractivity contribution in [3.05, 3.63) is 49.6 Å². The van der Waals surface area contributed by atoms with E-state index in [-0.39, 0.29) is 17.8 Å². The van der Waals surface area contributed by atoms with E-state index in [0.717, 1.165) is 31.2 Å². The first-order chi connectivity index (χ1) is 13.0. The monoisotopic (exact) mass is 441 g/mol. The van der Waals surface area contributed by atoms with Crippen molar-refractivity contribution in [3.63, 3.8) is 0 Å². The molecule has 0 spiro atoms. The standard InChI is InChI=1S/C18H14Cl3N3O2S/c19-11-5-3-10(4-6-11)18(7-1-2-8-18)16(25)22-17-24-23-15(26-17)12-9-13(20)27-14(12)21/h3-6,9H,1-2,7-8H2,(H,22,24,25). The maximum Gasteiger partial charge on any atom is 0.322 e. The Hall–Kier alpha value is -1.60. The first-order valence-corrected chi connectivity index (χ1v) is 10.3. The second kappa shape index (κ2) is 7.43. The highest BCUT2D eigenvalue weighted by atomic mass is 35.5. The minimum Gasteiger partial charge on any atom is -0.403 e. The van der Waals surface area contributed by atoms with Crippen molar-refractivity contribution in [1.29, 1.82) is 0 Å². The molecule has 4 rings (SSSR count). The Labute approximate surface area is 174 Å². The van der Waals surface area contributed by atoms with Crippen LogP contribution in [0.2, 0.25) is 13.7 Å². The lowest BCUT2D eigenvalue weighted by Gasteiger charge is -2.27. The summed E-state index contributed by atoms with van der Waals surface area (Å²) in [6.45, 7) is 0. The number of aromatic nitrogens is 2. The van der Waals surface area contributed by atoms with Gasteiger partial charge in [-0.3, -0.25) is 10.1 Å². The third kappa shape index (κ3) is 3.59. The van der Waals surface area contributed by atoms with Crippen molar-refractivity contribution in [2.24, 2.45) is 0 Å². The molecule has 0 atom stereocenters. The topological polar surface area (TPSA) is 68.0 Å². The van der Waals surface area contributed by atoms with E-state index >= 15 is 0 Å². The molecule has 1 N–H and O–H groups in total. The molecule has 1 aliphatic carbocycles. The van der Waals surface area contributed by atoms with E-state index in [1.165, 1.54) is 11.3 Å². The number of anilines is 1. The second-order valence-corrected chi connectivity index (χ2v) is 9.12. The average molecular weight is 443 g/mol. The smallest absolute Gasteiger partial charge is 0.322 e. The summed E-state index contributed by atoms with van der Waals surface area (Å²) in [5.74, 6) is 0.0531. The average Bonchev–Trinajstić information content (AvgIpc) is 3.36. The number of carbonyl (C=O) groups excluding carboxylic acids is 1. The molecule has 1 fully saturated rings. The molecule has 0 bridgehead atoms. The summed E-state index contributed by atoms with van der Waals surface area (Å²) >= 11 is 19.3. The number of nitrogens with one attached hydrogen (secondary N) is 1. The van der Waals surface area contributed by atoms with Crippen LogP contribution in [0.1, 0.15) is 31.2 Å². The van der Waals surface area contributed by atoms with Gasteiger partial charge in [-0.1, -0.05) is 64.9 Å². The predicted molar refractivity (Wildman–Crippen MR) is 108 cm³/mol. The Morgan fingerprint density at radius 3 is 2.44 bits per heavy atom. The van der Waals surface area contributed by atoms with Crippen molar-refractivity contribution in [1.82, 2.24) is 10.2 Å². The molecular weight excluding hydrogens is 429 g/mol. The van der Waals surface area contributed by atoms with E-state index in [1.54, 1.807) is 18.2 Å². The number of hydrogen-bond acceptors (Lipinski definition) is 5. The number of carbonyl (C=O) groups is 1. The molecule has 27 heavy (non-hydrogen) atoms. The van der Waals surface area contributed by atoms with Crippen LogP contribution in [0.5, 0.6) is 0 Å². The van der Waals surface area contributed by atoms with Crippen LogP contribution in [-0.4, -0.2) is 16.1 Å². The highest BCUT2D eigenvalue weighted by Gasteiger charge is 2.43. The SMILES string of the molecule is O=C(Nc1nnc(-c2cc(Cl)sc2Cl)o1)C1(c2ccc(Cl)cc2)CCCC1. The van der Waals surface area contributed by atoms with Crippen molar-refractivity contribution in [2.45, 2.75) is 31.1 Å². The quantitative estimate of drug-likeness (QED) is 0.521. The third-order valence-corrected chi connectivity index (χ3v) is 6.56. The zero-order chi connectivity index (χ0) is 19.0. The Kier molecular flexibility index (Phi) is 5.16. The minimum atomic E-state index is -0.622. The number of amides is 1. The van der Waals surface area contributed by atoms with Gasteiger partial charge in [0.05, 0.1) is 15.3 Å². The van der Waals surface area contributed by atoms with Crippen molar-refractivity contribution in [3.8, 4) is 11.5 Å².